The Morgan fingerprint density at radius 2 is 1.94 bits per heavy atom. The van der Waals surface area contributed by atoms with Crippen LogP contribution in [0.4, 0.5) is 10.2 Å². The lowest BCUT2D eigenvalue weighted by Crippen LogP contribution is -2.10. The first-order valence-electron chi connectivity index (χ1n) is 5.40. The van der Waals surface area contributed by atoms with Gasteiger partial charge in [-0.15, -0.1) is 0 Å². The number of carbonyl (C=O) groups excluding carboxylic acids is 1. The van der Waals surface area contributed by atoms with E-state index in [1.807, 2.05) is 0 Å². The van der Waals surface area contributed by atoms with Crippen LogP contribution in [0.1, 0.15) is 15.9 Å². The Labute approximate surface area is 104 Å². The number of rotatable bonds is 4. The van der Waals surface area contributed by atoms with Crippen molar-refractivity contribution in [2.75, 3.05) is 5.32 Å². The normalized spacial score (nSPS) is 10.1. The molecule has 92 valence electrons. The van der Waals surface area contributed by atoms with Gasteiger partial charge in [-0.25, -0.2) is 4.98 Å². The molecule has 0 saturated carbocycles. The molecule has 1 heterocycles. The van der Waals surface area contributed by atoms with Crippen LogP contribution in [0.25, 0.3) is 0 Å². The van der Waals surface area contributed by atoms with E-state index < -0.39 is 11.9 Å². The Morgan fingerprint density at radius 1 is 1.22 bits per heavy atom. The fraction of sp³-hybridized carbons (Fsp3) is 0.0769. The van der Waals surface area contributed by atoms with Crippen molar-refractivity contribution >= 4 is 11.7 Å². The summed E-state index contributed by atoms with van der Waals surface area (Å²) in [5.41, 5.74) is 6.55. The fourth-order valence-corrected chi connectivity index (χ4v) is 1.49. The molecule has 0 spiro atoms. The number of halogens is 1. The molecular formula is C13H12FN3O. The Morgan fingerprint density at radius 3 is 2.56 bits per heavy atom. The van der Waals surface area contributed by atoms with Crippen LogP contribution in [-0.4, -0.2) is 10.9 Å². The van der Waals surface area contributed by atoms with E-state index in [0.717, 1.165) is 5.56 Å². The molecule has 1 aromatic heterocycles. The van der Waals surface area contributed by atoms with E-state index in [4.69, 9.17) is 5.73 Å². The number of amides is 1. The number of pyridine rings is 1. The third-order valence-electron chi connectivity index (χ3n) is 2.43. The fourth-order valence-electron chi connectivity index (χ4n) is 1.49. The number of aromatic nitrogens is 1. The number of anilines is 1. The molecule has 18 heavy (non-hydrogen) atoms. The maximum absolute atomic E-state index is 12.8. The maximum atomic E-state index is 12.8. The predicted molar refractivity (Wildman–Crippen MR) is 66.5 cm³/mol. The second kappa shape index (κ2) is 5.27. The van der Waals surface area contributed by atoms with Gasteiger partial charge in [0.2, 0.25) is 11.9 Å². The van der Waals surface area contributed by atoms with Crippen LogP contribution in [0.2, 0.25) is 0 Å². The molecule has 1 aromatic carbocycles. The molecule has 2 rings (SSSR count). The first-order valence-corrected chi connectivity index (χ1v) is 5.40. The van der Waals surface area contributed by atoms with Gasteiger partial charge in [-0.05, 0) is 29.8 Å². The number of primary amides is 1. The first kappa shape index (κ1) is 12.0. The van der Waals surface area contributed by atoms with Crippen LogP contribution in [-0.2, 0) is 6.54 Å². The minimum absolute atomic E-state index is 0.457. The highest BCUT2D eigenvalue weighted by atomic mass is 19.1. The third-order valence-corrected chi connectivity index (χ3v) is 2.43. The molecule has 3 N–H and O–H groups in total. The van der Waals surface area contributed by atoms with E-state index in [1.165, 1.54) is 6.07 Å². The van der Waals surface area contributed by atoms with Gasteiger partial charge in [-0.2, -0.15) is 4.39 Å². The van der Waals surface area contributed by atoms with Gasteiger partial charge in [0.05, 0.1) is 0 Å². The van der Waals surface area contributed by atoms with Gasteiger partial charge in [-0.3, -0.25) is 4.79 Å². The van der Waals surface area contributed by atoms with Crippen molar-refractivity contribution < 1.29 is 9.18 Å². The van der Waals surface area contributed by atoms with Crippen LogP contribution in [0.3, 0.4) is 0 Å². The van der Waals surface area contributed by atoms with Crippen molar-refractivity contribution in [1.29, 1.82) is 0 Å². The van der Waals surface area contributed by atoms with Crippen LogP contribution >= 0.6 is 0 Å². The van der Waals surface area contributed by atoms with Crippen LogP contribution in [0, 0.1) is 5.95 Å². The molecule has 0 aliphatic carbocycles. The molecule has 1 amide bonds. The van der Waals surface area contributed by atoms with Gasteiger partial charge in [-0.1, -0.05) is 18.2 Å². The smallest absolute Gasteiger partial charge is 0.248 e. The monoisotopic (exact) mass is 245 g/mol. The standard InChI is InChI=1S/C13H12FN3O/c14-11-2-1-3-12(17-11)16-8-9-4-6-10(7-5-9)13(15)18/h1-7H,8H2,(H2,15,18)(H,16,17). The van der Waals surface area contributed by atoms with Gasteiger partial charge in [0.15, 0.2) is 0 Å². The Hall–Kier alpha value is -2.43. The number of hydrogen-bond donors (Lipinski definition) is 2. The highest BCUT2D eigenvalue weighted by molar-refractivity contribution is 5.92. The molecule has 0 aliphatic rings. The molecule has 0 radical (unpaired) electrons. The molecular weight excluding hydrogens is 233 g/mol. The highest BCUT2D eigenvalue weighted by Crippen LogP contribution is 2.08. The topological polar surface area (TPSA) is 68.0 Å². The van der Waals surface area contributed by atoms with Crippen LogP contribution in [0.15, 0.2) is 42.5 Å². The lowest BCUT2D eigenvalue weighted by molar-refractivity contribution is 0.100. The number of nitrogens with two attached hydrogens (primary N) is 1. The minimum atomic E-state index is -0.524. The second-order valence-electron chi connectivity index (χ2n) is 3.76. The van der Waals surface area contributed by atoms with Gasteiger partial charge in [0.1, 0.15) is 5.82 Å². The quantitative estimate of drug-likeness (QED) is 0.809. The molecule has 0 atom stereocenters. The lowest BCUT2D eigenvalue weighted by atomic mass is 10.1. The van der Waals surface area contributed by atoms with Crippen LogP contribution < -0.4 is 11.1 Å². The molecule has 0 unspecified atom stereocenters. The minimum Gasteiger partial charge on any atom is -0.366 e. The van der Waals surface area contributed by atoms with E-state index in [-0.39, 0.29) is 0 Å². The summed E-state index contributed by atoms with van der Waals surface area (Å²) in [7, 11) is 0. The maximum Gasteiger partial charge on any atom is 0.248 e. The van der Waals surface area contributed by atoms with Crippen molar-refractivity contribution in [2.45, 2.75) is 6.54 Å². The summed E-state index contributed by atoms with van der Waals surface area (Å²) in [6.07, 6.45) is 0. The third kappa shape index (κ3) is 3.04. The van der Waals surface area contributed by atoms with Gasteiger partial charge in [0.25, 0.3) is 0 Å². The molecule has 0 fully saturated rings. The van der Waals surface area contributed by atoms with Gasteiger partial charge in [0, 0.05) is 12.1 Å². The van der Waals surface area contributed by atoms with E-state index in [1.54, 1.807) is 36.4 Å². The number of carbonyl (C=O) groups is 1. The Kier molecular flexibility index (Phi) is 3.52. The Balaban J connectivity index is 2.00. The van der Waals surface area contributed by atoms with Gasteiger partial charge >= 0.3 is 0 Å². The summed E-state index contributed by atoms with van der Waals surface area (Å²) in [5, 5.41) is 2.98. The number of nitrogens with one attached hydrogen (secondary N) is 1. The number of benzene rings is 1. The average Bonchev–Trinajstić information content (AvgIpc) is 2.37. The van der Waals surface area contributed by atoms with Crippen molar-refractivity contribution in [3.63, 3.8) is 0 Å². The number of hydrogen-bond acceptors (Lipinski definition) is 3. The van der Waals surface area contributed by atoms with Crippen molar-refractivity contribution in [3.05, 3.63) is 59.5 Å². The van der Waals surface area contributed by atoms with E-state index in [0.29, 0.717) is 17.9 Å². The van der Waals surface area contributed by atoms with E-state index in [2.05, 4.69) is 10.3 Å². The SMILES string of the molecule is NC(=O)c1ccc(CNc2cccc(F)n2)cc1. The summed E-state index contributed by atoms with van der Waals surface area (Å²) >= 11 is 0. The second-order valence-corrected chi connectivity index (χ2v) is 3.76. The van der Waals surface area contributed by atoms with Crippen molar-refractivity contribution in [3.8, 4) is 0 Å². The first-order chi connectivity index (χ1) is 8.65. The largest absolute Gasteiger partial charge is 0.366 e. The summed E-state index contributed by atoms with van der Waals surface area (Å²) < 4.78 is 12.8. The van der Waals surface area contributed by atoms with Gasteiger partial charge < -0.3 is 11.1 Å². The lowest BCUT2D eigenvalue weighted by Gasteiger charge is -2.06. The van der Waals surface area contributed by atoms with Crippen LogP contribution in [0.5, 0.6) is 0 Å². The molecule has 0 aliphatic heterocycles. The average molecular weight is 245 g/mol. The summed E-state index contributed by atoms with van der Waals surface area (Å²) in [6, 6.07) is 11.4. The van der Waals surface area contributed by atoms with Crippen molar-refractivity contribution in [1.82, 2.24) is 4.98 Å². The summed E-state index contributed by atoms with van der Waals surface area (Å²) in [6.45, 7) is 0.496. The molecule has 2 aromatic rings. The molecule has 0 bridgehead atoms. The van der Waals surface area contributed by atoms with Crippen molar-refractivity contribution in [2.24, 2.45) is 5.73 Å². The summed E-state index contributed by atoms with van der Waals surface area (Å²) in [4.78, 5) is 14.6. The zero-order valence-electron chi connectivity index (χ0n) is 9.56. The zero-order chi connectivity index (χ0) is 13.0. The predicted octanol–water partition coefficient (Wildman–Crippen LogP) is 1.93. The summed E-state index contributed by atoms with van der Waals surface area (Å²) in [5.74, 6) is -0.514. The highest BCUT2D eigenvalue weighted by Gasteiger charge is 2.00. The van der Waals surface area contributed by atoms with E-state index in [9.17, 15) is 9.18 Å². The molecule has 0 saturated heterocycles. The zero-order valence-corrected chi connectivity index (χ0v) is 9.56. The van der Waals surface area contributed by atoms with E-state index >= 15 is 0 Å². The molecule has 4 nitrogen and oxygen atoms in total. The Bertz CT molecular complexity index is 554. The molecule has 5 heteroatoms. The number of nitrogens with zero attached hydrogens (tertiary/aromatic N) is 1.